The number of fused-ring (bicyclic) bond motifs is 5. The first-order valence-corrected chi connectivity index (χ1v) is 8.84. The van der Waals surface area contributed by atoms with Crippen molar-refractivity contribution in [2.75, 3.05) is 5.32 Å². The van der Waals surface area contributed by atoms with Gasteiger partial charge in [0, 0.05) is 28.5 Å². The minimum Gasteiger partial charge on any atom is -0.426 e. The fourth-order valence-corrected chi connectivity index (χ4v) is 3.70. The number of aromatic amines is 1. The van der Waals surface area contributed by atoms with E-state index in [-0.39, 0.29) is 11.6 Å². The Kier molecular flexibility index (Phi) is 3.47. The van der Waals surface area contributed by atoms with Crippen LogP contribution in [0.2, 0.25) is 0 Å². The highest BCUT2D eigenvalue weighted by atomic mass is 16.4. The Morgan fingerprint density at radius 2 is 1.78 bits per heavy atom. The van der Waals surface area contributed by atoms with E-state index in [2.05, 4.69) is 16.4 Å². The normalized spacial score (nSPS) is 12.4. The molecule has 5 nitrogen and oxygen atoms in total. The summed E-state index contributed by atoms with van der Waals surface area (Å²) in [6.07, 6.45) is 1.47. The number of carbonyl (C=O) groups excluding carboxylic acids is 1. The van der Waals surface area contributed by atoms with Gasteiger partial charge in [0.2, 0.25) is 0 Å². The van der Waals surface area contributed by atoms with E-state index >= 15 is 0 Å². The molecule has 5 heteroatoms. The van der Waals surface area contributed by atoms with Crippen molar-refractivity contribution in [2.24, 2.45) is 0 Å². The predicted molar refractivity (Wildman–Crippen MR) is 104 cm³/mol. The van der Waals surface area contributed by atoms with Gasteiger partial charge in [-0.15, -0.1) is 0 Å². The van der Waals surface area contributed by atoms with Gasteiger partial charge in [-0.1, -0.05) is 36.4 Å². The Labute approximate surface area is 154 Å². The molecule has 4 aromatic rings. The van der Waals surface area contributed by atoms with Crippen molar-refractivity contribution in [3.05, 3.63) is 88.0 Å². The molecule has 0 radical (unpaired) electrons. The molecule has 2 heterocycles. The average Bonchev–Trinajstić information content (AvgIpc) is 3.08. The molecule has 0 saturated heterocycles. The SMILES string of the molecule is O=C(Nc1cc2c(oc1=O)CCc1c-2[nH]c2ccccc12)c1ccccc1. The van der Waals surface area contributed by atoms with Crippen molar-refractivity contribution in [1.82, 2.24) is 4.98 Å². The number of nitrogens with one attached hydrogen (secondary N) is 2. The third-order valence-electron chi connectivity index (χ3n) is 4.99. The van der Waals surface area contributed by atoms with Crippen LogP contribution in [0.5, 0.6) is 0 Å². The Bertz CT molecular complexity index is 1240. The zero-order valence-electron chi connectivity index (χ0n) is 14.4. The van der Waals surface area contributed by atoms with Crippen LogP contribution in [-0.4, -0.2) is 10.9 Å². The third-order valence-corrected chi connectivity index (χ3v) is 4.99. The second-order valence-electron chi connectivity index (χ2n) is 6.63. The first-order valence-electron chi connectivity index (χ1n) is 8.84. The van der Waals surface area contributed by atoms with Crippen LogP contribution in [0.25, 0.3) is 22.2 Å². The highest BCUT2D eigenvalue weighted by molar-refractivity contribution is 6.04. The maximum atomic E-state index is 12.4. The molecule has 0 atom stereocenters. The maximum absolute atomic E-state index is 12.4. The number of hydrogen-bond donors (Lipinski definition) is 2. The largest absolute Gasteiger partial charge is 0.426 e. The number of aromatic nitrogens is 1. The number of para-hydroxylation sites is 1. The number of carbonyl (C=O) groups is 1. The molecule has 0 fully saturated rings. The molecule has 1 amide bonds. The van der Waals surface area contributed by atoms with E-state index in [1.54, 1.807) is 30.3 Å². The average molecular weight is 356 g/mol. The molecule has 2 aromatic heterocycles. The number of rotatable bonds is 2. The van der Waals surface area contributed by atoms with Crippen molar-refractivity contribution >= 4 is 22.5 Å². The molecular weight excluding hydrogens is 340 g/mol. The zero-order chi connectivity index (χ0) is 18.4. The molecule has 2 N–H and O–H groups in total. The first kappa shape index (κ1) is 15.6. The minimum absolute atomic E-state index is 0.147. The minimum atomic E-state index is -0.530. The van der Waals surface area contributed by atoms with Gasteiger partial charge < -0.3 is 14.7 Å². The zero-order valence-corrected chi connectivity index (χ0v) is 14.4. The third kappa shape index (κ3) is 2.56. The summed E-state index contributed by atoms with van der Waals surface area (Å²) in [5, 5.41) is 3.86. The molecule has 1 aliphatic carbocycles. The van der Waals surface area contributed by atoms with Crippen LogP contribution in [0, 0.1) is 0 Å². The van der Waals surface area contributed by atoms with Crippen LogP contribution in [0.3, 0.4) is 0 Å². The number of H-pyrrole nitrogens is 1. The maximum Gasteiger partial charge on any atom is 0.359 e. The lowest BCUT2D eigenvalue weighted by atomic mass is 9.93. The Hall–Kier alpha value is -3.60. The van der Waals surface area contributed by atoms with Crippen LogP contribution in [0.1, 0.15) is 21.7 Å². The fraction of sp³-hybridized carbons (Fsp3) is 0.0909. The Balaban J connectivity index is 1.60. The molecule has 27 heavy (non-hydrogen) atoms. The number of amides is 1. The van der Waals surface area contributed by atoms with Gasteiger partial charge in [-0.2, -0.15) is 0 Å². The van der Waals surface area contributed by atoms with Gasteiger partial charge in [-0.3, -0.25) is 4.79 Å². The molecule has 0 spiro atoms. The molecule has 0 saturated carbocycles. The summed E-state index contributed by atoms with van der Waals surface area (Å²) in [7, 11) is 0. The van der Waals surface area contributed by atoms with Crippen molar-refractivity contribution < 1.29 is 9.21 Å². The number of anilines is 1. The number of aryl methyl sites for hydroxylation is 2. The van der Waals surface area contributed by atoms with E-state index in [4.69, 9.17) is 4.42 Å². The highest BCUT2D eigenvalue weighted by Crippen LogP contribution is 2.37. The Morgan fingerprint density at radius 3 is 2.63 bits per heavy atom. The van der Waals surface area contributed by atoms with Crippen LogP contribution in [0.4, 0.5) is 5.69 Å². The quantitative estimate of drug-likeness (QED) is 0.567. The van der Waals surface area contributed by atoms with Gasteiger partial charge in [-0.25, -0.2) is 4.79 Å². The molecular formula is C22H16N2O3. The van der Waals surface area contributed by atoms with Gasteiger partial charge in [0.1, 0.15) is 11.4 Å². The molecule has 132 valence electrons. The van der Waals surface area contributed by atoms with E-state index in [1.165, 1.54) is 10.9 Å². The van der Waals surface area contributed by atoms with Crippen molar-refractivity contribution in [2.45, 2.75) is 12.8 Å². The van der Waals surface area contributed by atoms with Crippen LogP contribution < -0.4 is 10.9 Å². The summed E-state index contributed by atoms with van der Waals surface area (Å²) >= 11 is 0. The molecule has 5 rings (SSSR count). The van der Waals surface area contributed by atoms with E-state index in [1.807, 2.05) is 24.3 Å². The summed E-state index contributed by atoms with van der Waals surface area (Å²) in [5.74, 6) is 0.312. The van der Waals surface area contributed by atoms with E-state index in [9.17, 15) is 9.59 Å². The standard InChI is InChI=1S/C22H16N2O3/c25-21(13-6-2-1-3-7-13)24-18-12-16-19(27-22(18)26)11-10-15-14-8-4-5-9-17(14)23-20(15)16/h1-9,12,23H,10-11H2,(H,24,25). The monoisotopic (exact) mass is 356 g/mol. The fourth-order valence-electron chi connectivity index (χ4n) is 3.70. The molecule has 1 aliphatic rings. The van der Waals surface area contributed by atoms with Gasteiger partial charge in [0.25, 0.3) is 5.91 Å². The van der Waals surface area contributed by atoms with E-state index < -0.39 is 5.63 Å². The van der Waals surface area contributed by atoms with Crippen molar-refractivity contribution in [3.63, 3.8) is 0 Å². The summed E-state index contributed by atoms with van der Waals surface area (Å²) in [5.41, 5.74) is 4.16. The van der Waals surface area contributed by atoms with Crippen LogP contribution in [0.15, 0.2) is 69.9 Å². The molecule has 0 bridgehead atoms. The summed E-state index contributed by atoms with van der Waals surface area (Å²) in [4.78, 5) is 28.2. The van der Waals surface area contributed by atoms with Gasteiger partial charge in [0.15, 0.2) is 0 Å². The van der Waals surface area contributed by atoms with E-state index in [0.717, 1.165) is 23.2 Å². The molecule has 2 aromatic carbocycles. The van der Waals surface area contributed by atoms with Crippen molar-refractivity contribution in [1.29, 1.82) is 0 Å². The number of hydrogen-bond acceptors (Lipinski definition) is 3. The summed E-state index contributed by atoms with van der Waals surface area (Å²) in [6.45, 7) is 0. The molecule has 0 unspecified atom stereocenters. The van der Waals surface area contributed by atoms with Gasteiger partial charge in [0.05, 0.1) is 5.69 Å². The van der Waals surface area contributed by atoms with Gasteiger partial charge in [-0.05, 0) is 36.2 Å². The smallest absolute Gasteiger partial charge is 0.359 e. The lowest BCUT2D eigenvalue weighted by Crippen LogP contribution is -2.19. The summed E-state index contributed by atoms with van der Waals surface area (Å²) < 4.78 is 5.53. The van der Waals surface area contributed by atoms with Gasteiger partial charge >= 0.3 is 5.63 Å². The number of benzene rings is 2. The van der Waals surface area contributed by atoms with E-state index in [0.29, 0.717) is 17.7 Å². The Morgan fingerprint density at radius 1 is 1.00 bits per heavy atom. The predicted octanol–water partition coefficient (Wildman–Crippen LogP) is 4.14. The molecule has 0 aliphatic heterocycles. The lowest BCUT2D eigenvalue weighted by molar-refractivity contribution is 0.102. The van der Waals surface area contributed by atoms with Crippen LogP contribution >= 0.6 is 0 Å². The highest BCUT2D eigenvalue weighted by Gasteiger charge is 2.24. The topological polar surface area (TPSA) is 75.1 Å². The lowest BCUT2D eigenvalue weighted by Gasteiger charge is -2.16. The first-order chi connectivity index (χ1) is 13.2. The van der Waals surface area contributed by atoms with Crippen LogP contribution in [-0.2, 0) is 12.8 Å². The van der Waals surface area contributed by atoms with Crippen molar-refractivity contribution in [3.8, 4) is 11.3 Å². The second-order valence-corrected chi connectivity index (χ2v) is 6.63. The summed E-state index contributed by atoms with van der Waals surface area (Å²) in [6, 6.07) is 18.6. The second kappa shape index (κ2) is 5.99.